The van der Waals surface area contributed by atoms with Crippen molar-refractivity contribution in [2.24, 2.45) is 18.7 Å². The monoisotopic (exact) mass is 291 g/mol. The van der Waals surface area contributed by atoms with Gasteiger partial charge in [0.1, 0.15) is 0 Å². The van der Waals surface area contributed by atoms with E-state index >= 15 is 0 Å². The van der Waals surface area contributed by atoms with Gasteiger partial charge >= 0.3 is 4.87 Å². The Hall–Kier alpha value is -1.17. The van der Waals surface area contributed by atoms with Crippen molar-refractivity contribution in [3.8, 4) is 0 Å². The van der Waals surface area contributed by atoms with E-state index in [2.05, 4.69) is 30.0 Å². The molecule has 0 bridgehead atoms. The van der Waals surface area contributed by atoms with Gasteiger partial charge in [0.15, 0.2) is 0 Å². The number of nitrogens with zero attached hydrogens (tertiary/aromatic N) is 2. The molecular formula is C15H21N3OS. The van der Waals surface area contributed by atoms with E-state index in [0.29, 0.717) is 12.0 Å². The Kier molecular flexibility index (Phi) is 3.67. The number of hydrogen-bond acceptors (Lipinski definition) is 4. The fraction of sp³-hybridized carbons (Fsp3) is 0.533. The molecule has 1 aliphatic heterocycles. The molecule has 108 valence electrons. The van der Waals surface area contributed by atoms with Crippen molar-refractivity contribution >= 4 is 21.6 Å². The zero-order valence-corrected chi connectivity index (χ0v) is 12.8. The lowest BCUT2D eigenvalue weighted by molar-refractivity contribution is 0.256. The second-order valence-corrected chi connectivity index (χ2v) is 6.84. The number of nitrogens with two attached hydrogens (primary N) is 1. The lowest BCUT2D eigenvalue weighted by Crippen LogP contribution is -2.27. The Labute approximate surface area is 122 Å². The van der Waals surface area contributed by atoms with Crippen LogP contribution in [-0.4, -0.2) is 28.6 Å². The van der Waals surface area contributed by atoms with Crippen molar-refractivity contribution in [1.29, 1.82) is 0 Å². The van der Waals surface area contributed by atoms with Crippen molar-refractivity contribution in [1.82, 2.24) is 9.47 Å². The summed E-state index contributed by atoms with van der Waals surface area (Å²) in [6, 6.07) is 6.94. The summed E-state index contributed by atoms with van der Waals surface area (Å²) in [5.74, 6) is 0.626. The van der Waals surface area contributed by atoms with Crippen LogP contribution in [0.1, 0.15) is 18.9 Å². The van der Waals surface area contributed by atoms with E-state index in [4.69, 9.17) is 5.73 Å². The molecule has 3 rings (SSSR count). The minimum absolute atomic E-state index is 0.106. The smallest absolute Gasteiger partial charge is 0.307 e. The molecular weight excluding hydrogens is 270 g/mol. The van der Waals surface area contributed by atoms with Crippen LogP contribution < -0.4 is 10.6 Å². The van der Waals surface area contributed by atoms with Crippen LogP contribution >= 0.6 is 11.3 Å². The summed E-state index contributed by atoms with van der Waals surface area (Å²) in [4.78, 5) is 14.3. The Morgan fingerprint density at radius 2 is 2.25 bits per heavy atom. The van der Waals surface area contributed by atoms with Gasteiger partial charge in [0.2, 0.25) is 0 Å². The molecule has 0 spiro atoms. The molecule has 0 saturated carbocycles. The van der Waals surface area contributed by atoms with Crippen LogP contribution in [0.3, 0.4) is 0 Å². The van der Waals surface area contributed by atoms with E-state index in [1.54, 1.807) is 4.57 Å². The van der Waals surface area contributed by atoms with Crippen LogP contribution in [0.5, 0.6) is 0 Å². The summed E-state index contributed by atoms with van der Waals surface area (Å²) in [6.07, 6.45) is 1.19. The summed E-state index contributed by atoms with van der Waals surface area (Å²) >= 11 is 1.33. The molecule has 2 heterocycles. The second kappa shape index (κ2) is 5.31. The van der Waals surface area contributed by atoms with Gasteiger partial charge in [0.05, 0.1) is 10.2 Å². The Balaban J connectivity index is 1.83. The molecule has 2 atom stereocenters. The molecule has 1 aromatic carbocycles. The zero-order chi connectivity index (χ0) is 14.3. The molecule has 2 aromatic rings. The molecule has 2 N–H and O–H groups in total. The van der Waals surface area contributed by atoms with E-state index in [9.17, 15) is 4.79 Å². The summed E-state index contributed by atoms with van der Waals surface area (Å²) in [7, 11) is 1.83. The van der Waals surface area contributed by atoms with Gasteiger partial charge in [0.25, 0.3) is 0 Å². The number of aromatic nitrogens is 1. The molecule has 2 unspecified atom stereocenters. The van der Waals surface area contributed by atoms with Gasteiger partial charge in [-0.2, -0.15) is 0 Å². The largest absolute Gasteiger partial charge is 0.330 e. The molecule has 20 heavy (non-hydrogen) atoms. The second-order valence-electron chi connectivity index (χ2n) is 5.84. The average molecular weight is 291 g/mol. The zero-order valence-electron chi connectivity index (χ0n) is 12.0. The Morgan fingerprint density at radius 1 is 1.45 bits per heavy atom. The summed E-state index contributed by atoms with van der Waals surface area (Å²) < 4.78 is 2.80. The van der Waals surface area contributed by atoms with Crippen LogP contribution in [0.25, 0.3) is 10.2 Å². The predicted octanol–water partition coefficient (Wildman–Crippen LogP) is 1.77. The first-order valence-corrected chi connectivity index (χ1v) is 7.92. The van der Waals surface area contributed by atoms with Crippen LogP contribution in [0.2, 0.25) is 0 Å². The molecule has 4 nitrogen and oxygen atoms in total. The van der Waals surface area contributed by atoms with Gasteiger partial charge in [-0.3, -0.25) is 9.69 Å². The van der Waals surface area contributed by atoms with Crippen molar-refractivity contribution in [2.45, 2.75) is 25.9 Å². The van der Waals surface area contributed by atoms with E-state index in [1.165, 1.54) is 23.3 Å². The summed E-state index contributed by atoms with van der Waals surface area (Å²) in [6.45, 7) is 5.08. The SMILES string of the molecule is CC1CC(CN)CN1Cc1ccc2c(c1)sc(=O)n2C. The maximum Gasteiger partial charge on any atom is 0.307 e. The van der Waals surface area contributed by atoms with Crippen molar-refractivity contribution in [2.75, 3.05) is 13.1 Å². The molecule has 5 heteroatoms. The topological polar surface area (TPSA) is 51.3 Å². The maximum atomic E-state index is 11.7. The number of hydrogen-bond donors (Lipinski definition) is 1. The number of aryl methyl sites for hydroxylation is 1. The first-order valence-electron chi connectivity index (χ1n) is 7.11. The number of thiazole rings is 1. The van der Waals surface area contributed by atoms with Crippen molar-refractivity contribution < 1.29 is 0 Å². The van der Waals surface area contributed by atoms with Crippen LogP contribution in [-0.2, 0) is 13.6 Å². The van der Waals surface area contributed by atoms with Gasteiger partial charge in [-0.25, -0.2) is 0 Å². The molecule has 0 radical (unpaired) electrons. The summed E-state index contributed by atoms with van der Waals surface area (Å²) in [5.41, 5.74) is 8.09. The maximum absolute atomic E-state index is 11.7. The van der Waals surface area contributed by atoms with Gasteiger partial charge in [-0.05, 0) is 43.5 Å². The normalized spacial score (nSPS) is 23.8. The van der Waals surface area contributed by atoms with E-state index in [1.807, 2.05) is 7.05 Å². The third-order valence-corrected chi connectivity index (χ3v) is 5.36. The molecule has 1 fully saturated rings. The van der Waals surface area contributed by atoms with Crippen LogP contribution in [0, 0.1) is 5.92 Å². The van der Waals surface area contributed by atoms with Gasteiger partial charge in [-0.1, -0.05) is 17.4 Å². The predicted molar refractivity (Wildman–Crippen MR) is 84.1 cm³/mol. The van der Waals surface area contributed by atoms with Gasteiger partial charge in [0, 0.05) is 26.2 Å². The lowest BCUT2D eigenvalue weighted by atomic mass is 10.1. The number of likely N-dealkylation sites (tertiary alicyclic amines) is 1. The minimum Gasteiger partial charge on any atom is -0.330 e. The van der Waals surface area contributed by atoms with Crippen molar-refractivity contribution in [3.63, 3.8) is 0 Å². The van der Waals surface area contributed by atoms with E-state index in [0.717, 1.165) is 29.9 Å². The third-order valence-electron chi connectivity index (χ3n) is 4.37. The summed E-state index contributed by atoms with van der Waals surface area (Å²) in [5, 5.41) is 0. The minimum atomic E-state index is 0.106. The molecule has 1 saturated heterocycles. The van der Waals surface area contributed by atoms with Crippen LogP contribution in [0.15, 0.2) is 23.0 Å². The molecule has 0 aliphatic carbocycles. The molecule has 1 aromatic heterocycles. The highest BCUT2D eigenvalue weighted by Gasteiger charge is 2.27. The highest BCUT2D eigenvalue weighted by Crippen LogP contribution is 2.25. The van der Waals surface area contributed by atoms with E-state index < -0.39 is 0 Å². The fourth-order valence-electron chi connectivity index (χ4n) is 3.12. The highest BCUT2D eigenvalue weighted by molar-refractivity contribution is 7.16. The lowest BCUT2D eigenvalue weighted by Gasteiger charge is -2.21. The number of benzene rings is 1. The highest BCUT2D eigenvalue weighted by atomic mass is 32.1. The third kappa shape index (κ3) is 2.41. The molecule has 0 amide bonds. The average Bonchev–Trinajstić information content (AvgIpc) is 2.91. The Morgan fingerprint density at radius 3 is 2.95 bits per heavy atom. The van der Waals surface area contributed by atoms with Gasteiger partial charge < -0.3 is 10.3 Å². The van der Waals surface area contributed by atoms with E-state index in [-0.39, 0.29) is 4.87 Å². The van der Waals surface area contributed by atoms with Crippen molar-refractivity contribution in [3.05, 3.63) is 33.4 Å². The molecule has 1 aliphatic rings. The Bertz CT molecular complexity index is 675. The van der Waals surface area contributed by atoms with Crippen LogP contribution in [0.4, 0.5) is 0 Å². The number of fused-ring (bicyclic) bond motifs is 1. The number of rotatable bonds is 3. The quantitative estimate of drug-likeness (QED) is 0.937. The first-order chi connectivity index (χ1) is 9.58. The standard InChI is InChI=1S/C15H21N3OS/c1-10-5-12(7-16)9-18(10)8-11-3-4-13-14(6-11)20-15(19)17(13)2/h3-4,6,10,12H,5,7-9,16H2,1-2H3. The fourth-order valence-corrected chi connectivity index (χ4v) is 4.06. The van der Waals surface area contributed by atoms with Gasteiger partial charge in [-0.15, -0.1) is 0 Å². The first kappa shape index (κ1) is 13.8.